The van der Waals surface area contributed by atoms with Crippen molar-refractivity contribution in [3.05, 3.63) is 29.6 Å². The van der Waals surface area contributed by atoms with Gasteiger partial charge in [-0.25, -0.2) is 0 Å². The summed E-state index contributed by atoms with van der Waals surface area (Å²) >= 11 is -1.63. The third-order valence-electron chi connectivity index (χ3n) is 8.74. The van der Waals surface area contributed by atoms with Crippen LogP contribution in [0, 0.1) is 0 Å². The molecule has 11 heteroatoms. The van der Waals surface area contributed by atoms with Gasteiger partial charge in [0.25, 0.3) is 0 Å². The Morgan fingerprint density at radius 1 is 1.14 bits per heavy atom. The predicted octanol–water partition coefficient (Wildman–Crippen LogP) is 7.07. The summed E-state index contributed by atoms with van der Waals surface area (Å²) in [6, 6.07) is 0. The summed E-state index contributed by atoms with van der Waals surface area (Å²) in [6.45, 7) is 20.8. The van der Waals surface area contributed by atoms with E-state index >= 15 is 0 Å². The van der Waals surface area contributed by atoms with E-state index < -0.39 is 42.3 Å². The minimum absolute atomic E-state index is 0. The van der Waals surface area contributed by atoms with Crippen LogP contribution in [0.1, 0.15) is 98.7 Å². The zero-order valence-corrected chi connectivity index (χ0v) is 33.8. The molecule has 1 aliphatic carbocycles. The topological polar surface area (TPSA) is 62.6 Å². The Morgan fingerprint density at radius 3 is 2.16 bits per heavy atom. The molecule has 1 aromatic rings. The van der Waals surface area contributed by atoms with E-state index in [0.29, 0.717) is 12.8 Å². The molecule has 0 unspecified atom stereocenters. The summed E-state index contributed by atoms with van der Waals surface area (Å²) < 4.78 is 29.6. The number of allylic oxidation sites excluding steroid dienone is 1. The van der Waals surface area contributed by atoms with E-state index in [1.54, 1.807) is 10.4 Å². The zero-order valence-electron chi connectivity index (χ0n) is 28.3. The Labute approximate surface area is 286 Å². The first-order chi connectivity index (χ1) is 20.6. The molecule has 2 heterocycles. The fourth-order valence-electron chi connectivity index (χ4n) is 5.94. The van der Waals surface area contributed by atoms with Gasteiger partial charge in [-0.05, 0) is 0 Å². The molecule has 0 spiro atoms. The van der Waals surface area contributed by atoms with E-state index in [4.69, 9.17) is 9.72 Å². The van der Waals surface area contributed by atoms with Crippen LogP contribution in [-0.4, -0.2) is 104 Å². The molecule has 251 valence electrons. The van der Waals surface area contributed by atoms with E-state index in [-0.39, 0.29) is 17.1 Å². The van der Waals surface area contributed by atoms with E-state index in [1.165, 1.54) is 67.5 Å². The van der Waals surface area contributed by atoms with Crippen molar-refractivity contribution in [3.63, 3.8) is 0 Å². The number of imidazole rings is 1. The van der Waals surface area contributed by atoms with Gasteiger partial charge in [0, 0.05) is 0 Å². The van der Waals surface area contributed by atoms with Crippen LogP contribution < -0.4 is 9.03 Å². The first-order valence-electron chi connectivity index (χ1n) is 16.7. The molecule has 1 aliphatic heterocycles. The Hall–Kier alpha value is -0.522. The molecule has 1 saturated heterocycles. The van der Waals surface area contributed by atoms with Crippen LogP contribution in [0.4, 0.5) is 9.18 Å². The third-order valence-corrected chi connectivity index (χ3v) is 25.3. The van der Waals surface area contributed by atoms with Gasteiger partial charge >= 0.3 is 288 Å². The van der Waals surface area contributed by atoms with Crippen molar-refractivity contribution in [1.29, 1.82) is 0 Å². The SMILES string of the molecule is C=C/C(=C\n1[c]([Sn]([CH2]CCC)([CH2]CCC)[CH2]CCC)cnc1CN1CCNCC1)SN(C(=O)OC(C)(C)C)C1(CF)CC1.[SeH]. The first kappa shape index (κ1) is 39.7. The second-order valence-electron chi connectivity index (χ2n) is 13.5. The van der Waals surface area contributed by atoms with Crippen molar-refractivity contribution in [3.8, 4) is 0 Å². The second kappa shape index (κ2) is 18.7. The number of aromatic nitrogens is 2. The molecule has 1 aromatic heterocycles. The Balaban J connectivity index is 0.00000675. The van der Waals surface area contributed by atoms with E-state index in [9.17, 15) is 9.18 Å². The Bertz CT molecular complexity index is 1050. The fraction of sp³-hybridized carbons (Fsp3) is 0.758. The summed E-state index contributed by atoms with van der Waals surface area (Å²) in [7, 11) is 0. The Kier molecular flexibility index (Phi) is 16.9. The van der Waals surface area contributed by atoms with Crippen molar-refractivity contribution in [1.82, 2.24) is 24.1 Å². The molecular formula is C33H59FN5O2SSeSn. The van der Waals surface area contributed by atoms with Crippen LogP contribution in [0.15, 0.2) is 23.8 Å². The summed E-state index contributed by atoms with van der Waals surface area (Å²) in [5.74, 6) is 1.05. The van der Waals surface area contributed by atoms with Crippen LogP contribution in [0.3, 0.4) is 0 Å². The van der Waals surface area contributed by atoms with Gasteiger partial charge in [0.15, 0.2) is 0 Å². The van der Waals surface area contributed by atoms with Crippen molar-refractivity contribution < 1.29 is 13.9 Å². The van der Waals surface area contributed by atoms with E-state index in [0.717, 1.165) is 43.5 Å². The molecule has 0 aromatic carbocycles. The van der Waals surface area contributed by atoms with Gasteiger partial charge in [0.2, 0.25) is 0 Å². The van der Waals surface area contributed by atoms with Crippen molar-refractivity contribution in [2.24, 2.45) is 0 Å². The van der Waals surface area contributed by atoms with Crippen molar-refractivity contribution in [2.75, 3.05) is 32.9 Å². The molecule has 0 atom stereocenters. The summed E-state index contributed by atoms with van der Waals surface area (Å²) in [6.07, 6.45) is 14.4. The number of halogens is 1. The number of nitrogens with zero attached hydrogens (tertiary/aromatic N) is 4. The normalized spacial score (nSPS) is 17.2. The van der Waals surface area contributed by atoms with Gasteiger partial charge in [0.05, 0.1) is 0 Å². The van der Waals surface area contributed by atoms with Gasteiger partial charge in [-0.3, -0.25) is 0 Å². The average molecular weight is 807 g/mol. The minimum atomic E-state index is -2.90. The van der Waals surface area contributed by atoms with Crippen LogP contribution >= 0.6 is 11.9 Å². The number of alkyl halides is 1. The maximum absolute atomic E-state index is 14.4. The molecule has 1 radical (unpaired) electrons. The number of carbonyl (C=O) groups is 1. The first-order valence-corrected chi connectivity index (χ1v) is 24.9. The molecule has 2 aliphatic rings. The molecule has 1 saturated carbocycles. The number of ether oxygens (including phenoxy) is 1. The van der Waals surface area contributed by atoms with Crippen LogP contribution in [0.2, 0.25) is 13.3 Å². The van der Waals surface area contributed by atoms with Crippen molar-refractivity contribution >= 4 is 63.4 Å². The summed E-state index contributed by atoms with van der Waals surface area (Å²) in [5, 5.41) is 3.46. The van der Waals surface area contributed by atoms with Crippen LogP contribution in [0.5, 0.6) is 0 Å². The Morgan fingerprint density at radius 2 is 1.70 bits per heavy atom. The molecule has 0 bridgehead atoms. The van der Waals surface area contributed by atoms with Gasteiger partial charge in [-0.15, -0.1) is 0 Å². The summed E-state index contributed by atoms with van der Waals surface area (Å²) in [4.78, 5) is 21.8. The molecule has 3 rings (SSSR count). The number of nitrogens with one attached hydrogen (secondary N) is 1. The quantitative estimate of drug-likeness (QED) is 0.0975. The maximum atomic E-state index is 14.4. The molecule has 1 amide bonds. The monoisotopic (exact) mass is 808 g/mol. The standard InChI is InChI=1S/C21H31FN5O2S.3C4H9.HSe.Sn/c1-5-17(14-26-13-10-24-18(26)15-25-11-8-23-9-12-25)30-27(21(16-22)6-7-21)19(28)29-20(2,3)4;3*1-3-4-2;;/h5,10,14,23H,1,6-9,11-12,15-16H2,2-4H3;3*1,3-4H2,2H3;1H;/b17-14+;;;;;. The number of hydrogen-bond acceptors (Lipinski definition) is 6. The van der Waals surface area contributed by atoms with Crippen LogP contribution in [-0.2, 0) is 11.3 Å². The number of piperazine rings is 1. The third kappa shape index (κ3) is 11.0. The number of hydrogen-bond donors (Lipinski definition) is 1. The molecule has 2 fully saturated rings. The molecule has 7 nitrogen and oxygen atoms in total. The van der Waals surface area contributed by atoms with Gasteiger partial charge in [0.1, 0.15) is 0 Å². The predicted molar refractivity (Wildman–Crippen MR) is 190 cm³/mol. The van der Waals surface area contributed by atoms with Crippen molar-refractivity contribution in [2.45, 2.75) is 124 Å². The summed E-state index contributed by atoms with van der Waals surface area (Å²) in [5.41, 5.74) is -1.48. The van der Waals surface area contributed by atoms with Gasteiger partial charge in [-0.2, -0.15) is 0 Å². The van der Waals surface area contributed by atoms with Gasteiger partial charge < -0.3 is 0 Å². The fourth-order valence-corrected chi connectivity index (χ4v) is 23.0. The molecular weight excluding hydrogens is 747 g/mol. The molecule has 1 N–H and O–H groups in total. The zero-order chi connectivity index (χ0) is 31.5. The van der Waals surface area contributed by atoms with E-state index in [2.05, 4.69) is 54.5 Å². The van der Waals surface area contributed by atoms with Gasteiger partial charge in [-0.1, -0.05) is 0 Å². The molecule has 44 heavy (non-hydrogen) atoms. The van der Waals surface area contributed by atoms with Crippen LogP contribution in [0.25, 0.3) is 6.20 Å². The number of unbranched alkanes of at least 4 members (excludes halogenated alkanes) is 3. The number of carbonyl (C=O) groups excluding carboxylic acids is 1. The number of rotatable bonds is 18. The average Bonchev–Trinajstić information content (AvgIpc) is 3.69. The number of amides is 1. The second-order valence-corrected chi connectivity index (χ2v) is 27.6. The van der Waals surface area contributed by atoms with E-state index in [1.807, 2.05) is 20.8 Å².